The summed E-state index contributed by atoms with van der Waals surface area (Å²) in [5.41, 5.74) is 2.05. The van der Waals surface area contributed by atoms with Crippen molar-refractivity contribution in [1.29, 1.82) is 0 Å². The summed E-state index contributed by atoms with van der Waals surface area (Å²) in [6.45, 7) is 0. The minimum Gasteiger partial charge on any atom is -0.312 e. The van der Waals surface area contributed by atoms with E-state index in [1.165, 1.54) is 0 Å². The van der Waals surface area contributed by atoms with Gasteiger partial charge in [0.1, 0.15) is 5.69 Å². The van der Waals surface area contributed by atoms with Crippen molar-refractivity contribution in [1.82, 2.24) is 15.4 Å². The van der Waals surface area contributed by atoms with Crippen LogP contribution in [0.25, 0.3) is 11.1 Å². The van der Waals surface area contributed by atoms with Crippen LogP contribution in [-0.4, -0.2) is 22.3 Å². The quantitative estimate of drug-likeness (QED) is 0.227. The van der Waals surface area contributed by atoms with Crippen molar-refractivity contribution in [2.24, 2.45) is 5.84 Å². The minimum absolute atomic E-state index is 0.105. The molecule has 3 rings (SSSR count). The van der Waals surface area contributed by atoms with Crippen LogP contribution in [-0.2, 0) is 4.79 Å². The Labute approximate surface area is 152 Å². The van der Waals surface area contributed by atoms with Crippen molar-refractivity contribution in [3.63, 3.8) is 0 Å². The summed E-state index contributed by atoms with van der Waals surface area (Å²) >= 11 is 0. The van der Waals surface area contributed by atoms with Crippen LogP contribution in [0.4, 0.5) is 11.4 Å². The molecule has 0 aliphatic heterocycles. The van der Waals surface area contributed by atoms with Gasteiger partial charge in [0, 0.05) is 11.8 Å². The number of aromatic nitrogens is 2. The first-order valence-electron chi connectivity index (χ1n) is 7.82. The zero-order valence-corrected chi connectivity index (χ0v) is 13.9. The third-order valence-corrected chi connectivity index (χ3v) is 3.90. The number of anilines is 2. The smallest absolute Gasteiger partial charge is 0.312 e. The molecule has 0 spiro atoms. The molecule has 0 bridgehead atoms. The van der Waals surface area contributed by atoms with Gasteiger partial charge < -0.3 is 4.98 Å². The van der Waals surface area contributed by atoms with E-state index in [0.29, 0.717) is 17.5 Å². The van der Waals surface area contributed by atoms with E-state index in [-0.39, 0.29) is 16.9 Å². The Morgan fingerprint density at radius 1 is 1.04 bits per heavy atom. The molecule has 1 heterocycles. The number of aromatic amines is 2. The summed E-state index contributed by atoms with van der Waals surface area (Å²) in [7, 11) is 0. The number of H-pyrrole nitrogens is 2. The monoisotopic (exact) mass is 365 g/mol. The predicted octanol–water partition coefficient (Wildman–Crippen LogP) is 0.628. The molecule has 0 unspecified atom stereocenters. The first kappa shape index (κ1) is 17.8. The molecule has 0 aliphatic rings. The van der Waals surface area contributed by atoms with Gasteiger partial charge in [-0.1, -0.05) is 36.4 Å². The van der Waals surface area contributed by atoms with Gasteiger partial charge in [0.25, 0.3) is 11.5 Å². The maximum atomic E-state index is 12.3. The lowest BCUT2D eigenvalue weighted by Gasteiger charge is -2.22. The van der Waals surface area contributed by atoms with E-state index < -0.39 is 17.2 Å². The highest BCUT2D eigenvalue weighted by atomic mass is 16.2. The topological polar surface area (TPSA) is 141 Å². The summed E-state index contributed by atoms with van der Waals surface area (Å²) in [6.07, 6.45) is 1.55. The lowest BCUT2D eigenvalue weighted by atomic mass is 9.96. The third kappa shape index (κ3) is 3.39. The molecule has 0 atom stereocenters. The van der Waals surface area contributed by atoms with Gasteiger partial charge in [0.2, 0.25) is 6.41 Å². The Hall–Kier alpha value is -3.98. The highest BCUT2D eigenvalue weighted by Gasteiger charge is 2.22. The second-order valence-electron chi connectivity index (χ2n) is 5.47. The molecule has 27 heavy (non-hydrogen) atoms. The molecular formula is C18H15N5O4. The van der Waals surface area contributed by atoms with Gasteiger partial charge in [-0.15, -0.1) is 0 Å². The number of carbonyl (C=O) groups excluding carboxylic acids is 2. The number of nitrogens with zero attached hydrogens (tertiary/aromatic N) is 1. The van der Waals surface area contributed by atoms with E-state index in [1.54, 1.807) is 48.5 Å². The predicted molar refractivity (Wildman–Crippen MR) is 99.4 cm³/mol. The van der Waals surface area contributed by atoms with Crippen LogP contribution in [0.2, 0.25) is 0 Å². The van der Waals surface area contributed by atoms with Crippen molar-refractivity contribution in [2.45, 2.75) is 0 Å². The van der Waals surface area contributed by atoms with Gasteiger partial charge in [-0.25, -0.2) is 10.6 Å². The van der Waals surface area contributed by atoms with Gasteiger partial charge in [-0.05, 0) is 17.7 Å². The average molecular weight is 365 g/mol. The van der Waals surface area contributed by atoms with Crippen LogP contribution in [0.5, 0.6) is 0 Å². The molecule has 9 nitrogen and oxygen atoms in total. The zero-order chi connectivity index (χ0) is 19.4. The van der Waals surface area contributed by atoms with Gasteiger partial charge in [0.05, 0.1) is 11.3 Å². The molecule has 9 heteroatoms. The molecule has 5 N–H and O–H groups in total. The van der Waals surface area contributed by atoms with Crippen LogP contribution < -0.4 is 27.4 Å². The number of amides is 2. The molecule has 0 radical (unpaired) electrons. The Bertz CT molecular complexity index is 1100. The Kier molecular flexibility index (Phi) is 4.95. The average Bonchev–Trinajstić information content (AvgIpc) is 2.70. The van der Waals surface area contributed by atoms with Gasteiger partial charge in [0.15, 0.2) is 0 Å². The molecule has 2 aromatic carbocycles. The Morgan fingerprint density at radius 3 is 2.41 bits per heavy atom. The van der Waals surface area contributed by atoms with Gasteiger partial charge in [-0.3, -0.25) is 29.7 Å². The van der Waals surface area contributed by atoms with Gasteiger partial charge in [-0.2, -0.15) is 0 Å². The standard InChI is InChI=1S/C18H15N5O4/c19-22-16(25)12-7-4-8-13(15(12)11-5-2-1-3-6-11)23(10-24)14-9-20-18(27)21-17(14)26/h1-10H,19H2,(H,22,25)(H2,20,21,26,27). The van der Waals surface area contributed by atoms with Crippen molar-refractivity contribution in [3.8, 4) is 11.1 Å². The van der Waals surface area contributed by atoms with Crippen molar-refractivity contribution >= 4 is 23.7 Å². The first-order chi connectivity index (χ1) is 13.1. The molecule has 0 saturated carbocycles. The molecule has 0 aliphatic carbocycles. The van der Waals surface area contributed by atoms with E-state index in [9.17, 15) is 19.2 Å². The number of nitrogens with one attached hydrogen (secondary N) is 3. The lowest BCUT2D eigenvalue weighted by Crippen LogP contribution is -2.32. The minimum atomic E-state index is -0.751. The molecule has 0 fully saturated rings. The molecule has 3 aromatic rings. The van der Waals surface area contributed by atoms with E-state index in [2.05, 4.69) is 15.4 Å². The molecule has 1 aromatic heterocycles. The number of nitrogens with two attached hydrogens (primary N) is 1. The first-order valence-corrected chi connectivity index (χ1v) is 7.82. The van der Waals surface area contributed by atoms with Crippen LogP contribution >= 0.6 is 0 Å². The van der Waals surface area contributed by atoms with Crippen LogP contribution in [0, 0.1) is 0 Å². The van der Waals surface area contributed by atoms with Crippen molar-refractivity contribution in [2.75, 3.05) is 4.90 Å². The number of carbonyl (C=O) groups is 2. The second-order valence-corrected chi connectivity index (χ2v) is 5.47. The Balaban J connectivity index is 2.31. The molecule has 136 valence electrons. The van der Waals surface area contributed by atoms with Crippen LogP contribution in [0.1, 0.15) is 10.4 Å². The third-order valence-electron chi connectivity index (χ3n) is 3.90. The number of hydrazine groups is 1. The summed E-state index contributed by atoms with van der Waals surface area (Å²) in [6, 6.07) is 13.5. The molecule has 0 saturated heterocycles. The van der Waals surface area contributed by atoms with Crippen LogP contribution in [0.3, 0.4) is 0 Å². The summed E-state index contributed by atoms with van der Waals surface area (Å²) < 4.78 is 0. The zero-order valence-electron chi connectivity index (χ0n) is 13.9. The fraction of sp³-hybridized carbons (Fsp3) is 0. The highest BCUT2D eigenvalue weighted by Crippen LogP contribution is 2.36. The number of benzene rings is 2. The number of nitrogen functional groups attached to an aromatic ring is 1. The number of hydrogen-bond acceptors (Lipinski definition) is 5. The molecule has 2 amide bonds. The fourth-order valence-electron chi connectivity index (χ4n) is 2.74. The molecular weight excluding hydrogens is 350 g/mol. The largest absolute Gasteiger partial charge is 0.325 e. The van der Waals surface area contributed by atoms with E-state index in [0.717, 1.165) is 11.1 Å². The van der Waals surface area contributed by atoms with Crippen LogP contribution in [0.15, 0.2) is 64.3 Å². The van der Waals surface area contributed by atoms with E-state index in [4.69, 9.17) is 5.84 Å². The van der Waals surface area contributed by atoms with Crippen molar-refractivity contribution < 1.29 is 9.59 Å². The summed E-state index contributed by atoms with van der Waals surface area (Å²) in [5.74, 6) is 4.73. The second kappa shape index (κ2) is 7.50. The van der Waals surface area contributed by atoms with E-state index >= 15 is 0 Å². The SMILES string of the molecule is NNC(=O)c1cccc(N(C=O)c2c[nH]c(=O)[nH]c2=O)c1-c1ccccc1. The normalized spacial score (nSPS) is 10.3. The fourth-order valence-corrected chi connectivity index (χ4v) is 2.74. The maximum absolute atomic E-state index is 12.3. The number of hydrogen-bond donors (Lipinski definition) is 4. The Morgan fingerprint density at radius 2 is 1.78 bits per heavy atom. The van der Waals surface area contributed by atoms with E-state index in [1.807, 2.05) is 0 Å². The highest BCUT2D eigenvalue weighted by molar-refractivity contribution is 6.06. The summed E-state index contributed by atoms with van der Waals surface area (Å²) in [5, 5.41) is 0. The number of rotatable bonds is 5. The van der Waals surface area contributed by atoms with Gasteiger partial charge >= 0.3 is 5.69 Å². The summed E-state index contributed by atoms with van der Waals surface area (Å²) in [4.78, 5) is 53.0. The maximum Gasteiger partial charge on any atom is 0.325 e. The van der Waals surface area contributed by atoms with Crippen molar-refractivity contribution in [3.05, 3.63) is 81.1 Å². The lowest BCUT2D eigenvalue weighted by molar-refractivity contribution is -0.106.